The van der Waals surface area contributed by atoms with Crippen LogP contribution in [0.25, 0.3) is 0 Å². The van der Waals surface area contributed by atoms with Gasteiger partial charge in [0.1, 0.15) is 6.07 Å². The standard InChI is InChI=1S/C19H21N3O2S/c1-15-6-8-18(9-7-15)22-11-10-16(14-22)13-21-25(23,24)19-5-3-2-4-17(19)12-20/h2-9,16,21H,10-11,13-14H2,1H3. The van der Waals surface area contributed by atoms with E-state index in [1.165, 1.54) is 23.4 Å². The van der Waals surface area contributed by atoms with Gasteiger partial charge >= 0.3 is 0 Å². The fourth-order valence-corrected chi connectivity index (χ4v) is 4.36. The van der Waals surface area contributed by atoms with Gasteiger partial charge in [0.2, 0.25) is 10.0 Å². The highest BCUT2D eigenvalue weighted by atomic mass is 32.2. The van der Waals surface area contributed by atoms with Crippen LogP contribution in [0.3, 0.4) is 0 Å². The summed E-state index contributed by atoms with van der Waals surface area (Å²) >= 11 is 0. The Bertz CT molecular complexity index is 886. The smallest absolute Gasteiger partial charge is 0.241 e. The largest absolute Gasteiger partial charge is 0.371 e. The quantitative estimate of drug-likeness (QED) is 0.895. The number of hydrogen-bond donors (Lipinski definition) is 1. The van der Waals surface area contributed by atoms with Crippen molar-refractivity contribution in [1.82, 2.24) is 4.72 Å². The first-order chi connectivity index (χ1) is 12.0. The molecule has 1 aliphatic rings. The number of benzene rings is 2. The van der Waals surface area contributed by atoms with Gasteiger partial charge in [-0.15, -0.1) is 0 Å². The topological polar surface area (TPSA) is 73.2 Å². The molecule has 0 saturated carbocycles. The van der Waals surface area contributed by atoms with Gasteiger partial charge in [-0.05, 0) is 43.5 Å². The second kappa shape index (κ2) is 7.26. The molecule has 130 valence electrons. The van der Waals surface area contributed by atoms with Crippen LogP contribution in [0, 0.1) is 24.2 Å². The first-order valence-electron chi connectivity index (χ1n) is 8.30. The van der Waals surface area contributed by atoms with Crippen LogP contribution in [0.5, 0.6) is 0 Å². The summed E-state index contributed by atoms with van der Waals surface area (Å²) in [5.41, 5.74) is 2.57. The van der Waals surface area contributed by atoms with Crippen molar-refractivity contribution in [3.8, 4) is 6.07 Å². The van der Waals surface area contributed by atoms with Crippen LogP contribution in [0.2, 0.25) is 0 Å². The Hall–Kier alpha value is -2.36. The molecule has 25 heavy (non-hydrogen) atoms. The molecule has 0 aromatic heterocycles. The summed E-state index contributed by atoms with van der Waals surface area (Å²) in [5, 5.41) is 9.09. The zero-order valence-corrected chi connectivity index (χ0v) is 15.0. The average Bonchev–Trinajstić information content (AvgIpc) is 3.10. The predicted octanol–water partition coefficient (Wildman–Crippen LogP) is 2.67. The van der Waals surface area contributed by atoms with Crippen LogP contribution < -0.4 is 9.62 Å². The number of sulfonamides is 1. The molecule has 0 radical (unpaired) electrons. The average molecular weight is 355 g/mol. The van der Waals surface area contributed by atoms with Crippen molar-refractivity contribution in [3.63, 3.8) is 0 Å². The molecular formula is C19H21N3O2S. The summed E-state index contributed by atoms with van der Waals surface area (Å²) in [6.07, 6.45) is 0.941. The van der Waals surface area contributed by atoms with Gasteiger partial charge in [0.15, 0.2) is 0 Å². The van der Waals surface area contributed by atoms with Crippen molar-refractivity contribution in [2.75, 3.05) is 24.5 Å². The third kappa shape index (κ3) is 4.01. The maximum atomic E-state index is 12.5. The molecule has 1 fully saturated rings. The van der Waals surface area contributed by atoms with Gasteiger partial charge < -0.3 is 4.90 Å². The highest BCUT2D eigenvalue weighted by Crippen LogP contribution is 2.24. The minimum atomic E-state index is -3.67. The molecule has 1 atom stereocenters. The summed E-state index contributed by atoms with van der Waals surface area (Å²) in [4.78, 5) is 2.33. The molecule has 0 aliphatic carbocycles. The molecule has 1 unspecified atom stereocenters. The maximum Gasteiger partial charge on any atom is 0.241 e. The lowest BCUT2D eigenvalue weighted by molar-refractivity contribution is 0.541. The molecule has 0 spiro atoms. The molecule has 1 heterocycles. The van der Waals surface area contributed by atoms with Gasteiger partial charge in [0.05, 0.1) is 10.5 Å². The Labute approximate surface area is 149 Å². The van der Waals surface area contributed by atoms with E-state index in [0.29, 0.717) is 6.54 Å². The molecule has 3 rings (SSSR count). The van der Waals surface area contributed by atoms with Crippen molar-refractivity contribution in [1.29, 1.82) is 5.26 Å². The number of aryl methyl sites for hydroxylation is 1. The van der Waals surface area contributed by atoms with E-state index in [2.05, 4.69) is 40.8 Å². The van der Waals surface area contributed by atoms with E-state index in [-0.39, 0.29) is 16.4 Å². The Morgan fingerprint density at radius 3 is 2.64 bits per heavy atom. The lowest BCUT2D eigenvalue weighted by atomic mass is 10.1. The highest BCUT2D eigenvalue weighted by Gasteiger charge is 2.25. The molecule has 5 nitrogen and oxygen atoms in total. The SMILES string of the molecule is Cc1ccc(N2CCC(CNS(=O)(=O)c3ccccc3C#N)C2)cc1. The lowest BCUT2D eigenvalue weighted by Gasteiger charge is -2.19. The van der Waals surface area contributed by atoms with Gasteiger partial charge in [-0.3, -0.25) is 0 Å². The fraction of sp³-hybridized carbons (Fsp3) is 0.316. The molecule has 0 amide bonds. The van der Waals surface area contributed by atoms with Gasteiger partial charge in [0, 0.05) is 25.3 Å². The monoisotopic (exact) mass is 355 g/mol. The van der Waals surface area contributed by atoms with E-state index in [4.69, 9.17) is 5.26 Å². The van der Waals surface area contributed by atoms with E-state index in [0.717, 1.165) is 19.5 Å². The van der Waals surface area contributed by atoms with Crippen molar-refractivity contribution in [2.45, 2.75) is 18.2 Å². The second-order valence-electron chi connectivity index (χ2n) is 6.40. The zero-order valence-electron chi connectivity index (χ0n) is 14.1. The van der Waals surface area contributed by atoms with E-state index in [1.807, 2.05) is 6.07 Å². The van der Waals surface area contributed by atoms with Crippen LogP contribution in [-0.2, 0) is 10.0 Å². The molecule has 0 bridgehead atoms. The minimum Gasteiger partial charge on any atom is -0.371 e. The summed E-state index contributed by atoms with van der Waals surface area (Å²) in [5.74, 6) is 0.255. The van der Waals surface area contributed by atoms with Crippen molar-refractivity contribution in [2.24, 2.45) is 5.92 Å². The predicted molar refractivity (Wildman–Crippen MR) is 97.8 cm³/mol. The van der Waals surface area contributed by atoms with E-state index in [9.17, 15) is 8.42 Å². The summed E-state index contributed by atoms with van der Waals surface area (Å²) in [6.45, 7) is 4.19. The van der Waals surface area contributed by atoms with Crippen molar-refractivity contribution < 1.29 is 8.42 Å². The van der Waals surface area contributed by atoms with E-state index >= 15 is 0 Å². The van der Waals surface area contributed by atoms with Crippen molar-refractivity contribution in [3.05, 3.63) is 59.7 Å². The number of nitriles is 1. The van der Waals surface area contributed by atoms with Crippen LogP contribution in [0.15, 0.2) is 53.4 Å². The van der Waals surface area contributed by atoms with Crippen molar-refractivity contribution >= 4 is 15.7 Å². The molecule has 6 heteroatoms. The summed E-state index contributed by atoms with van der Waals surface area (Å²) in [6, 6.07) is 16.6. The number of hydrogen-bond acceptors (Lipinski definition) is 4. The molecular weight excluding hydrogens is 334 g/mol. The van der Waals surface area contributed by atoms with Gasteiger partial charge in [-0.1, -0.05) is 29.8 Å². The molecule has 2 aromatic carbocycles. The second-order valence-corrected chi connectivity index (χ2v) is 8.13. The summed E-state index contributed by atoms with van der Waals surface area (Å²) < 4.78 is 27.6. The third-order valence-corrected chi connectivity index (χ3v) is 6.03. The number of rotatable bonds is 5. The minimum absolute atomic E-state index is 0.0471. The molecule has 1 N–H and O–H groups in total. The van der Waals surface area contributed by atoms with Crippen LogP contribution in [-0.4, -0.2) is 28.1 Å². The van der Waals surface area contributed by atoms with Crippen LogP contribution >= 0.6 is 0 Å². The Morgan fingerprint density at radius 2 is 1.92 bits per heavy atom. The Balaban J connectivity index is 1.62. The third-order valence-electron chi connectivity index (χ3n) is 4.54. The zero-order chi connectivity index (χ0) is 17.9. The molecule has 1 saturated heterocycles. The normalized spacial score (nSPS) is 17.4. The first-order valence-corrected chi connectivity index (χ1v) is 9.78. The van der Waals surface area contributed by atoms with Gasteiger partial charge in [0.25, 0.3) is 0 Å². The fourth-order valence-electron chi connectivity index (χ4n) is 3.09. The molecule has 1 aliphatic heterocycles. The van der Waals surface area contributed by atoms with E-state index in [1.54, 1.807) is 12.1 Å². The number of nitrogens with zero attached hydrogens (tertiary/aromatic N) is 2. The van der Waals surface area contributed by atoms with Gasteiger partial charge in [-0.2, -0.15) is 5.26 Å². The molecule has 2 aromatic rings. The first kappa shape index (κ1) is 17.5. The maximum absolute atomic E-state index is 12.5. The Morgan fingerprint density at radius 1 is 1.20 bits per heavy atom. The van der Waals surface area contributed by atoms with E-state index < -0.39 is 10.0 Å². The lowest BCUT2D eigenvalue weighted by Crippen LogP contribution is -2.31. The Kier molecular flexibility index (Phi) is 5.07. The van der Waals surface area contributed by atoms with Crippen LogP contribution in [0.4, 0.5) is 5.69 Å². The highest BCUT2D eigenvalue weighted by molar-refractivity contribution is 7.89. The number of nitrogens with one attached hydrogen (secondary N) is 1. The summed E-state index contributed by atoms with van der Waals surface area (Å²) in [7, 11) is -3.67. The van der Waals surface area contributed by atoms with Crippen LogP contribution in [0.1, 0.15) is 17.5 Å². The van der Waals surface area contributed by atoms with Gasteiger partial charge in [-0.25, -0.2) is 13.1 Å². The number of anilines is 1.